The van der Waals surface area contributed by atoms with E-state index in [1.165, 1.54) is 4.57 Å². The van der Waals surface area contributed by atoms with Gasteiger partial charge in [0, 0.05) is 13.6 Å². The summed E-state index contributed by atoms with van der Waals surface area (Å²) >= 11 is 12.4. The highest BCUT2D eigenvalue weighted by molar-refractivity contribution is 6.43. The first-order valence-corrected chi connectivity index (χ1v) is 11.1. The molecule has 0 bridgehead atoms. The van der Waals surface area contributed by atoms with Gasteiger partial charge in [-0.1, -0.05) is 71.7 Å². The molecule has 8 heteroatoms. The van der Waals surface area contributed by atoms with E-state index < -0.39 is 12.1 Å². The smallest absolute Gasteiger partial charge is 0.310 e. The summed E-state index contributed by atoms with van der Waals surface area (Å²) in [5, 5.41) is 3.98. The van der Waals surface area contributed by atoms with Gasteiger partial charge in [0.1, 0.15) is 5.82 Å². The summed E-state index contributed by atoms with van der Waals surface area (Å²) in [6, 6.07) is 20.9. The third kappa shape index (κ3) is 4.72. The van der Waals surface area contributed by atoms with Gasteiger partial charge in [-0.2, -0.15) is 0 Å². The Hall–Kier alpha value is -3.35. The Balaban J connectivity index is 1.75. The largest absolute Gasteiger partial charge is 0.322 e. The molecule has 0 radical (unpaired) electrons. The molecular formula is C25H22Cl2N4O2. The molecule has 0 aliphatic carbocycles. The lowest BCUT2D eigenvalue weighted by atomic mass is 10.1. The summed E-state index contributed by atoms with van der Waals surface area (Å²) in [4.78, 5) is 32.7. The van der Waals surface area contributed by atoms with Crippen LogP contribution in [0.5, 0.6) is 0 Å². The first kappa shape index (κ1) is 22.8. The van der Waals surface area contributed by atoms with Gasteiger partial charge < -0.3 is 10.2 Å². The van der Waals surface area contributed by atoms with Gasteiger partial charge in [0.15, 0.2) is 0 Å². The summed E-state index contributed by atoms with van der Waals surface area (Å²) in [6.45, 7) is 2.15. The minimum atomic E-state index is -0.523. The normalized spacial score (nSPS) is 11.9. The third-order valence-corrected chi connectivity index (χ3v) is 6.33. The SMILES string of the molecule is CC(c1nc2ccccc2c(=O)n1C)N(Cc1ccccc1)C(=O)Nc1cccc(Cl)c1Cl. The predicted octanol–water partition coefficient (Wildman–Crippen LogP) is 6.04. The standard InChI is InChI=1S/C25H22Cl2N4O2/c1-16(23-28-20-13-7-6-11-18(20)24(32)30(23)2)31(15-17-9-4-3-5-10-17)25(33)29-21-14-8-12-19(26)22(21)27/h3-14,16H,15H2,1-2H3,(H,29,33). The molecule has 0 fully saturated rings. The third-order valence-electron chi connectivity index (χ3n) is 5.51. The average Bonchev–Trinajstić information content (AvgIpc) is 2.83. The Kier molecular flexibility index (Phi) is 6.67. The monoisotopic (exact) mass is 480 g/mol. The van der Waals surface area contributed by atoms with E-state index in [-0.39, 0.29) is 10.6 Å². The van der Waals surface area contributed by atoms with Crippen LogP contribution in [0.2, 0.25) is 10.0 Å². The molecule has 2 amide bonds. The number of carbonyl (C=O) groups is 1. The number of urea groups is 1. The van der Waals surface area contributed by atoms with Crippen molar-refractivity contribution in [3.63, 3.8) is 0 Å². The number of fused-ring (bicyclic) bond motifs is 1. The minimum Gasteiger partial charge on any atom is -0.310 e. The number of aromatic nitrogens is 2. The number of hydrogen-bond donors (Lipinski definition) is 1. The Morgan fingerprint density at radius 2 is 1.73 bits per heavy atom. The molecular weight excluding hydrogens is 459 g/mol. The van der Waals surface area contributed by atoms with Crippen molar-refractivity contribution in [3.8, 4) is 0 Å². The molecule has 0 spiro atoms. The second-order valence-corrected chi connectivity index (χ2v) is 8.46. The summed E-state index contributed by atoms with van der Waals surface area (Å²) in [5.74, 6) is 0.474. The van der Waals surface area contributed by atoms with Gasteiger partial charge >= 0.3 is 6.03 Å². The van der Waals surface area contributed by atoms with Crippen LogP contribution in [0.15, 0.2) is 77.6 Å². The molecule has 4 rings (SSSR count). The Labute approximate surface area is 201 Å². The highest BCUT2D eigenvalue weighted by atomic mass is 35.5. The molecule has 1 unspecified atom stereocenters. The lowest BCUT2D eigenvalue weighted by Gasteiger charge is -2.30. The van der Waals surface area contributed by atoms with Gasteiger partial charge in [0.05, 0.1) is 32.7 Å². The molecule has 0 saturated heterocycles. The zero-order chi connectivity index (χ0) is 23.5. The Morgan fingerprint density at radius 1 is 1.03 bits per heavy atom. The maximum Gasteiger partial charge on any atom is 0.322 e. The number of carbonyl (C=O) groups excluding carboxylic acids is 1. The van der Waals surface area contributed by atoms with Crippen molar-refractivity contribution in [2.75, 3.05) is 5.32 Å². The molecule has 0 aliphatic heterocycles. The quantitative estimate of drug-likeness (QED) is 0.378. The summed E-state index contributed by atoms with van der Waals surface area (Å²) in [5.41, 5.74) is 1.75. The first-order valence-electron chi connectivity index (χ1n) is 10.4. The van der Waals surface area contributed by atoms with Crippen molar-refractivity contribution in [3.05, 3.63) is 105 Å². The maximum atomic E-state index is 13.5. The van der Waals surface area contributed by atoms with Crippen molar-refractivity contribution in [2.45, 2.75) is 19.5 Å². The molecule has 0 saturated carbocycles. The van der Waals surface area contributed by atoms with Crippen molar-refractivity contribution in [1.82, 2.24) is 14.5 Å². The van der Waals surface area contributed by atoms with Gasteiger partial charge in [-0.05, 0) is 36.8 Å². The molecule has 0 aliphatic rings. The number of para-hydroxylation sites is 1. The number of amides is 2. The molecule has 1 atom stereocenters. The number of benzene rings is 3. The van der Waals surface area contributed by atoms with Crippen molar-refractivity contribution < 1.29 is 4.79 Å². The van der Waals surface area contributed by atoms with Gasteiger partial charge in [0.2, 0.25) is 0 Å². The van der Waals surface area contributed by atoms with Gasteiger partial charge in [-0.25, -0.2) is 9.78 Å². The van der Waals surface area contributed by atoms with E-state index in [0.717, 1.165) is 5.56 Å². The van der Waals surface area contributed by atoms with E-state index in [0.29, 0.717) is 34.0 Å². The zero-order valence-electron chi connectivity index (χ0n) is 18.1. The van der Waals surface area contributed by atoms with E-state index in [2.05, 4.69) is 5.32 Å². The van der Waals surface area contributed by atoms with Gasteiger partial charge in [0.25, 0.3) is 5.56 Å². The predicted molar refractivity (Wildman–Crippen MR) is 133 cm³/mol. The van der Waals surface area contributed by atoms with Crippen LogP contribution in [-0.4, -0.2) is 20.5 Å². The van der Waals surface area contributed by atoms with E-state index in [4.69, 9.17) is 28.2 Å². The summed E-state index contributed by atoms with van der Waals surface area (Å²) in [7, 11) is 1.67. The Bertz CT molecular complexity index is 1370. The fourth-order valence-corrected chi connectivity index (χ4v) is 4.05. The lowest BCUT2D eigenvalue weighted by Crippen LogP contribution is -2.39. The minimum absolute atomic E-state index is 0.166. The number of nitrogens with one attached hydrogen (secondary N) is 1. The van der Waals surface area contributed by atoms with Crippen LogP contribution in [0, 0.1) is 0 Å². The summed E-state index contributed by atoms with van der Waals surface area (Å²) < 4.78 is 1.49. The summed E-state index contributed by atoms with van der Waals surface area (Å²) in [6.07, 6.45) is 0. The fraction of sp³-hybridized carbons (Fsp3) is 0.160. The molecule has 168 valence electrons. The van der Waals surface area contributed by atoms with E-state index in [9.17, 15) is 9.59 Å². The molecule has 1 heterocycles. The van der Waals surface area contributed by atoms with Crippen molar-refractivity contribution in [1.29, 1.82) is 0 Å². The molecule has 3 aromatic carbocycles. The highest BCUT2D eigenvalue weighted by Crippen LogP contribution is 2.31. The second kappa shape index (κ2) is 9.65. The topological polar surface area (TPSA) is 67.2 Å². The van der Waals surface area contributed by atoms with Crippen LogP contribution in [0.3, 0.4) is 0 Å². The van der Waals surface area contributed by atoms with Gasteiger partial charge in [-0.3, -0.25) is 9.36 Å². The van der Waals surface area contributed by atoms with E-state index in [1.54, 1.807) is 48.3 Å². The van der Waals surface area contributed by atoms with Crippen LogP contribution in [0.25, 0.3) is 10.9 Å². The van der Waals surface area contributed by atoms with Crippen LogP contribution in [0.1, 0.15) is 24.4 Å². The molecule has 6 nitrogen and oxygen atoms in total. The van der Waals surface area contributed by atoms with Crippen LogP contribution in [-0.2, 0) is 13.6 Å². The number of nitrogens with zero attached hydrogens (tertiary/aromatic N) is 3. The van der Waals surface area contributed by atoms with Crippen molar-refractivity contribution in [2.24, 2.45) is 7.05 Å². The second-order valence-electron chi connectivity index (χ2n) is 7.67. The maximum absolute atomic E-state index is 13.5. The Morgan fingerprint density at radius 3 is 2.48 bits per heavy atom. The molecule has 1 aromatic heterocycles. The average molecular weight is 481 g/mol. The molecule has 1 N–H and O–H groups in total. The van der Waals surface area contributed by atoms with E-state index >= 15 is 0 Å². The van der Waals surface area contributed by atoms with Crippen molar-refractivity contribution >= 4 is 45.8 Å². The molecule has 4 aromatic rings. The zero-order valence-corrected chi connectivity index (χ0v) is 19.6. The van der Waals surface area contributed by atoms with Crippen LogP contribution >= 0.6 is 23.2 Å². The fourth-order valence-electron chi connectivity index (χ4n) is 3.70. The number of anilines is 1. The van der Waals surface area contributed by atoms with Crippen LogP contribution in [0.4, 0.5) is 10.5 Å². The number of hydrogen-bond acceptors (Lipinski definition) is 3. The lowest BCUT2D eigenvalue weighted by molar-refractivity contribution is 0.185. The first-order chi connectivity index (χ1) is 15.9. The number of halogens is 2. The van der Waals surface area contributed by atoms with Gasteiger partial charge in [-0.15, -0.1) is 0 Å². The number of rotatable bonds is 5. The highest BCUT2D eigenvalue weighted by Gasteiger charge is 2.26. The molecule has 33 heavy (non-hydrogen) atoms. The van der Waals surface area contributed by atoms with E-state index in [1.807, 2.05) is 43.3 Å². The van der Waals surface area contributed by atoms with Crippen LogP contribution < -0.4 is 10.9 Å².